The molecule has 3 aromatic rings. The lowest BCUT2D eigenvalue weighted by molar-refractivity contribution is 0.0773. The van der Waals surface area contributed by atoms with E-state index in [2.05, 4.69) is 49.2 Å². The zero-order valence-electron chi connectivity index (χ0n) is 20.4. The second-order valence-corrected chi connectivity index (χ2v) is 10.3. The van der Waals surface area contributed by atoms with Crippen LogP contribution in [0.1, 0.15) is 11.1 Å². The first-order chi connectivity index (χ1) is 17.7. The number of nitrogens with two attached hydrogens (primary N) is 1. The van der Waals surface area contributed by atoms with E-state index >= 15 is 0 Å². The Hall–Kier alpha value is -2.99. The molecule has 0 spiro atoms. The molecule has 0 atom stereocenters. The minimum atomic E-state index is 0.255. The van der Waals surface area contributed by atoms with Crippen LogP contribution in [0.4, 0.5) is 23.4 Å². The lowest BCUT2D eigenvalue weighted by Gasteiger charge is -2.29. The molecule has 0 bridgehead atoms. The van der Waals surface area contributed by atoms with E-state index in [0.717, 1.165) is 75.0 Å². The van der Waals surface area contributed by atoms with Crippen LogP contribution < -0.4 is 15.5 Å². The largest absolute Gasteiger partial charge is 0.379 e. The molecule has 6 rings (SSSR count). The second kappa shape index (κ2) is 10.2. The molecule has 3 aliphatic rings. The van der Waals surface area contributed by atoms with Crippen molar-refractivity contribution in [2.45, 2.75) is 18.2 Å². The summed E-state index contributed by atoms with van der Waals surface area (Å²) in [5.74, 6) is 1.92. The van der Waals surface area contributed by atoms with Crippen LogP contribution in [0.2, 0.25) is 0 Å². The van der Waals surface area contributed by atoms with Crippen molar-refractivity contribution in [2.24, 2.45) is 0 Å². The number of rotatable bonds is 5. The van der Waals surface area contributed by atoms with Crippen molar-refractivity contribution in [1.29, 1.82) is 0 Å². The number of hydrogen-bond acceptors (Lipinski definition) is 11. The normalized spacial score (nSPS) is 18.5. The van der Waals surface area contributed by atoms with Gasteiger partial charge in [0.25, 0.3) is 0 Å². The molecule has 2 saturated heterocycles. The molecule has 5 heterocycles. The smallest absolute Gasteiger partial charge is 0.228 e. The zero-order chi connectivity index (χ0) is 24.5. The monoisotopic (exact) mass is 506 g/mol. The van der Waals surface area contributed by atoms with E-state index in [1.165, 1.54) is 16.1 Å². The van der Waals surface area contributed by atoms with Gasteiger partial charge >= 0.3 is 0 Å². The van der Waals surface area contributed by atoms with Gasteiger partial charge in [0, 0.05) is 66.8 Å². The minimum absolute atomic E-state index is 0.255. The molecule has 10 nitrogen and oxygen atoms in total. The third-order valence-corrected chi connectivity index (χ3v) is 7.81. The van der Waals surface area contributed by atoms with Gasteiger partial charge in [-0.15, -0.1) is 0 Å². The number of anilines is 4. The van der Waals surface area contributed by atoms with Gasteiger partial charge in [0.15, 0.2) is 0 Å². The first kappa shape index (κ1) is 23.4. The van der Waals surface area contributed by atoms with Crippen LogP contribution in [0.5, 0.6) is 0 Å². The highest BCUT2D eigenvalue weighted by molar-refractivity contribution is 7.97. The average Bonchev–Trinajstić information content (AvgIpc) is 3.34. The Bertz CT molecular complexity index is 1230. The van der Waals surface area contributed by atoms with Crippen LogP contribution in [0.15, 0.2) is 35.5 Å². The predicted molar refractivity (Wildman–Crippen MR) is 141 cm³/mol. The van der Waals surface area contributed by atoms with Crippen molar-refractivity contribution in [3.8, 4) is 11.3 Å². The van der Waals surface area contributed by atoms with Crippen LogP contribution in [0.25, 0.3) is 11.3 Å². The Kier molecular flexibility index (Phi) is 6.61. The van der Waals surface area contributed by atoms with Crippen molar-refractivity contribution < 1.29 is 9.47 Å². The van der Waals surface area contributed by atoms with Crippen LogP contribution in [0, 0.1) is 6.92 Å². The van der Waals surface area contributed by atoms with E-state index in [4.69, 9.17) is 25.2 Å². The molecule has 0 unspecified atom stereocenters. The number of fused-ring (bicyclic) bond motifs is 1. The fourth-order valence-electron chi connectivity index (χ4n) is 4.86. The summed E-state index contributed by atoms with van der Waals surface area (Å²) >= 11 is 1.80. The van der Waals surface area contributed by atoms with E-state index in [9.17, 15) is 0 Å². The first-order valence-electron chi connectivity index (χ1n) is 12.4. The fourth-order valence-corrected chi connectivity index (χ4v) is 5.84. The maximum absolute atomic E-state index is 5.75. The number of hydrogen-bond donors (Lipinski definition) is 1. The Morgan fingerprint density at radius 3 is 2.36 bits per heavy atom. The zero-order valence-corrected chi connectivity index (χ0v) is 21.2. The lowest BCUT2D eigenvalue weighted by atomic mass is 10.1. The molecule has 188 valence electrons. The topological polar surface area (TPSA) is 106 Å². The van der Waals surface area contributed by atoms with E-state index in [-0.39, 0.29) is 5.95 Å². The summed E-state index contributed by atoms with van der Waals surface area (Å²) in [4.78, 5) is 24.3. The third-order valence-electron chi connectivity index (χ3n) is 6.72. The summed E-state index contributed by atoms with van der Waals surface area (Å²) < 4.78 is 13.4. The minimum Gasteiger partial charge on any atom is -0.379 e. The summed E-state index contributed by atoms with van der Waals surface area (Å²) in [5.41, 5.74) is 11.0. The number of ether oxygens (including phenoxy) is 2. The van der Waals surface area contributed by atoms with Crippen molar-refractivity contribution in [2.75, 3.05) is 74.7 Å². The van der Waals surface area contributed by atoms with Crippen LogP contribution in [0.3, 0.4) is 0 Å². The SMILES string of the molecule is Cc1cc(SN2CCOCC2)ccc1N1CCc2c(-c3cnc(N)nc3)nc(N3CCOCC3)nc21. The summed E-state index contributed by atoms with van der Waals surface area (Å²) in [5, 5.41) is 0. The van der Waals surface area contributed by atoms with Gasteiger partial charge in [-0.25, -0.2) is 19.3 Å². The average molecular weight is 507 g/mol. The van der Waals surface area contributed by atoms with Crippen molar-refractivity contribution >= 4 is 35.3 Å². The molecule has 1 aromatic carbocycles. The molecule has 2 aromatic heterocycles. The van der Waals surface area contributed by atoms with Gasteiger partial charge < -0.3 is 25.0 Å². The van der Waals surface area contributed by atoms with Crippen LogP contribution in [-0.2, 0) is 15.9 Å². The first-order valence-corrected chi connectivity index (χ1v) is 13.1. The van der Waals surface area contributed by atoms with E-state index in [0.29, 0.717) is 19.2 Å². The number of nitrogens with zero attached hydrogens (tertiary/aromatic N) is 7. The molecule has 3 aliphatic heterocycles. The summed E-state index contributed by atoms with van der Waals surface area (Å²) in [6.45, 7) is 9.38. The summed E-state index contributed by atoms with van der Waals surface area (Å²) in [6, 6.07) is 6.70. The standard InChI is InChI=1S/C25H30N8O2S/c1-17-14-19(36-32-8-12-35-13-9-32)2-3-21(17)33-5-4-20-22(18-15-27-24(26)28-16-18)29-25(30-23(20)33)31-6-10-34-11-7-31/h2-3,14-16H,4-13H2,1H3,(H2,26,27,28). The molecule has 2 N–H and O–H groups in total. The Morgan fingerprint density at radius 2 is 1.64 bits per heavy atom. The third kappa shape index (κ3) is 4.71. The van der Waals surface area contributed by atoms with Gasteiger partial charge in [0.05, 0.1) is 32.1 Å². The van der Waals surface area contributed by atoms with E-state index < -0.39 is 0 Å². The van der Waals surface area contributed by atoms with Gasteiger partial charge in [-0.1, -0.05) is 0 Å². The molecule has 36 heavy (non-hydrogen) atoms. The molecule has 0 radical (unpaired) electrons. The quantitative estimate of drug-likeness (QED) is 0.516. The number of nitrogen functional groups attached to an aromatic ring is 1. The predicted octanol–water partition coefficient (Wildman–Crippen LogP) is 2.69. The van der Waals surface area contributed by atoms with Crippen LogP contribution >= 0.6 is 11.9 Å². The summed E-state index contributed by atoms with van der Waals surface area (Å²) in [7, 11) is 0. The molecule has 11 heteroatoms. The van der Waals surface area contributed by atoms with Gasteiger partial charge in [0.2, 0.25) is 11.9 Å². The lowest BCUT2D eigenvalue weighted by Crippen LogP contribution is -2.37. The number of aromatic nitrogens is 4. The summed E-state index contributed by atoms with van der Waals surface area (Å²) in [6.07, 6.45) is 4.35. The molecule has 2 fully saturated rings. The van der Waals surface area contributed by atoms with Crippen molar-refractivity contribution in [1.82, 2.24) is 24.2 Å². The van der Waals surface area contributed by atoms with Gasteiger partial charge in [0.1, 0.15) is 5.82 Å². The highest BCUT2D eigenvalue weighted by atomic mass is 32.2. The Morgan fingerprint density at radius 1 is 0.917 bits per heavy atom. The van der Waals surface area contributed by atoms with Crippen LogP contribution in [-0.4, -0.2) is 83.4 Å². The molecule has 0 amide bonds. The van der Waals surface area contributed by atoms with E-state index in [1.54, 1.807) is 24.3 Å². The highest BCUT2D eigenvalue weighted by Crippen LogP contribution is 2.41. The van der Waals surface area contributed by atoms with Crippen molar-refractivity contribution in [3.05, 3.63) is 41.7 Å². The fraction of sp³-hybridized carbons (Fsp3) is 0.440. The number of morpholine rings is 2. The maximum atomic E-state index is 5.75. The second-order valence-electron chi connectivity index (χ2n) is 9.09. The molecular weight excluding hydrogens is 476 g/mol. The molecule has 0 saturated carbocycles. The van der Waals surface area contributed by atoms with Gasteiger partial charge in [-0.3, -0.25) is 0 Å². The number of aryl methyl sites for hydroxylation is 1. The van der Waals surface area contributed by atoms with Gasteiger partial charge in [-0.2, -0.15) is 4.98 Å². The van der Waals surface area contributed by atoms with E-state index in [1.807, 2.05) is 0 Å². The highest BCUT2D eigenvalue weighted by Gasteiger charge is 2.30. The Balaban J connectivity index is 1.36. The van der Waals surface area contributed by atoms with Gasteiger partial charge in [-0.05, 0) is 49.1 Å². The number of benzene rings is 1. The maximum Gasteiger partial charge on any atom is 0.228 e. The molecular formula is C25H30N8O2S. The molecule has 0 aliphatic carbocycles. The Labute approximate surface area is 215 Å². The van der Waals surface area contributed by atoms with Crippen molar-refractivity contribution in [3.63, 3.8) is 0 Å².